The third-order valence-electron chi connectivity index (χ3n) is 2.79. The van der Waals surface area contributed by atoms with Crippen molar-refractivity contribution >= 4 is 17.7 Å². The van der Waals surface area contributed by atoms with E-state index in [0.29, 0.717) is 6.54 Å². The summed E-state index contributed by atoms with van der Waals surface area (Å²) >= 11 is 0.272. The standard InChI is InChI=1S/C15H14F2N2OS/c1-10-4-6-11(7-5-10)9-19-13(20)12-3-2-8-18-14(12)21-15(16)17/h2-8,15H,9H2,1H3,(H,19,20). The maximum Gasteiger partial charge on any atom is 0.290 e. The number of carbonyl (C=O) groups is 1. The summed E-state index contributed by atoms with van der Waals surface area (Å²) in [7, 11) is 0. The number of amides is 1. The Morgan fingerprint density at radius 2 is 2.00 bits per heavy atom. The maximum absolute atomic E-state index is 12.4. The van der Waals surface area contributed by atoms with E-state index in [0.717, 1.165) is 11.1 Å². The number of aromatic nitrogens is 1. The number of rotatable bonds is 5. The molecule has 0 saturated carbocycles. The van der Waals surface area contributed by atoms with E-state index in [1.54, 1.807) is 6.07 Å². The van der Waals surface area contributed by atoms with Crippen molar-refractivity contribution in [2.45, 2.75) is 24.3 Å². The number of hydrogen-bond donors (Lipinski definition) is 1. The van der Waals surface area contributed by atoms with Crippen molar-refractivity contribution in [1.29, 1.82) is 0 Å². The smallest absolute Gasteiger partial charge is 0.290 e. The van der Waals surface area contributed by atoms with Gasteiger partial charge in [-0.1, -0.05) is 29.8 Å². The highest BCUT2D eigenvalue weighted by Crippen LogP contribution is 2.26. The Morgan fingerprint density at radius 1 is 1.29 bits per heavy atom. The summed E-state index contributed by atoms with van der Waals surface area (Å²) in [6.07, 6.45) is 1.39. The molecule has 0 bridgehead atoms. The van der Waals surface area contributed by atoms with Gasteiger partial charge in [-0.25, -0.2) is 4.98 Å². The van der Waals surface area contributed by atoms with Gasteiger partial charge in [0, 0.05) is 12.7 Å². The number of nitrogens with zero attached hydrogens (tertiary/aromatic N) is 1. The summed E-state index contributed by atoms with van der Waals surface area (Å²) in [5.74, 6) is -3.02. The Bertz CT molecular complexity index is 617. The molecular weight excluding hydrogens is 294 g/mol. The van der Waals surface area contributed by atoms with Crippen LogP contribution in [-0.2, 0) is 6.54 Å². The fourth-order valence-electron chi connectivity index (χ4n) is 1.73. The topological polar surface area (TPSA) is 42.0 Å². The second-order valence-corrected chi connectivity index (χ2v) is 5.38. The zero-order chi connectivity index (χ0) is 15.2. The first-order chi connectivity index (χ1) is 10.1. The molecule has 6 heteroatoms. The van der Waals surface area contributed by atoms with Crippen molar-refractivity contribution in [3.05, 3.63) is 59.3 Å². The van der Waals surface area contributed by atoms with E-state index in [1.807, 2.05) is 31.2 Å². The predicted octanol–water partition coefficient (Wildman–Crippen LogP) is 3.63. The summed E-state index contributed by atoms with van der Waals surface area (Å²) in [5, 5.41) is 2.75. The Kier molecular flexibility index (Phi) is 5.27. The van der Waals surface area contributed by atoms with Gasteiger partial charge in [0.2, 0.25) is 0 Å². The summed E-state index contributed by atoms with van der Waals surface area (Å²) in [6.45, 7) is 2.32. The van der Waals surface area contributed by atoms with Gasteiger partial charge in [0.05, 0.1) is 5.56 Å². The highest BCUT2D eigenvalue weighted by atomic mass is 32.2. The summed E-state index contributed by atoms with van der Waals surface area (Å²) in [6, 6.07) is 10.8. The fraction of sp³-hybridized carbons (Fsp3) is 0.200. The molecule has 3 nitrogen and oxygen atoms in total. The monoisotopic (exact) mass is 308 g/mol. The van der Waals surface area contributed by atoms with Crippen LogP contribution in [0.4, 0.5) is 8.78 Å². The number of hydrogen-bond acceptors (Lipinski definition) is 3. The van der Waals surface area contributed by atoms with Gasteiger partial charge < -0.3 is 5.32 Å². The van der Waals surface area contributed by atoms with E-state index in [-0.39, 0.29) is 22.4 Å². The molecule has 0 saturated heterocycles. The van der Waals surface area contributed by atoms with E-state index < -0.39 is 11.7 Å². The first-order valence-corrected chi connectivity index (χ1v) is 7.18. The quantitative estimate of drug-likeness (QED) is 0.858. The number of benzene rings is 1. The molecule has 1 N–H and O–H groups in total. The third-order valence-corrected chi connectivity index (χ3v) is 3.52. The maximum atomic E-state index is 12.4. The van der Waals surface area contributed by atoms with Crippen molar-refractivity contribution in [2.75, 3.05) is 0 Å². The number of halogens is 2. The van der Waals surface area contributed by atoms with Crippen molar-refractivity contribution in [2.24, 2.45) is 0 Å². The normalized spacial score (nSPS) is 10.7. The van der Waals surface area contributed by atoms with Crippen molar-refractivity contribution in [1.82, 2.24) is 10.3 Å². The van der Waals surface area contributed by atoms with Gasteiger partial charge in [0.1, 0.15) is 5.03 Å². The lowest BCUT2D eigenvalue weighted by molar-refractivity contribution is 0.0947. The molecule has 0 aliphatic carbocycles. The number of alkyl halides is 2. The first kappa shape index (κ1) is 15.4. The van der Waals surface area contributed by atoms with Gasteiger partial charge in [-0.15, -0.1) is 0 Å². The summed E-state index contributed by atoms with van der Waals surface area (Å²) < 4.78 is 24.9. The van der Waals surface area contributed by atoms with Crippen LogP contribution in [0.5, 0.6) is 0 Å². The molecule has 1 amide bonds. The van der Waals surface area contributed by atoms with Crippen molar-refractivity contribution < 1.29 is 13.6 Å². The van der Waals surface area contributed by atoms with Crippen LogP contribution in [0.15, 0.2) is 47.6 Å². The van der Waals surface area contributed by atoms with Gasteiger partial charge in [0.25, 0.3) is 11.7 Å². The van der Waals surface area contributed by atoms with Crippen LogP contribution in [0.25, 0.3) is 0 Å². The molecule has 1 aromatic carbocycles. The Labute approximate surface area is 125 Å². The van der Waals surface area contributed by atoms with Gasteiger partial charge in [-0.05, 0) is 36.4 Å². The lowest BCUT2D eigenvalue weighted by Gasteiger charge is -2.09. The number of thioether (sulfide) groups is 1. The number of nitrogens with one attached hydrogen (secondary N) is 1. The molecule has 1 aromatic heterocycles. The molecule has 0 unspecified atom stereocenters. The van der Waals surface area contributed by atoms with Crippen molar-refractivity contribution in [3.63, 3.8) is 0 Å². The lowest BCUT2D eigenvalue weighted by atomic mass is 10.1. The fourth-order valence-corrected chi connectivity index (χ4v) is 2.30. The molecule has 0 aliphatic rings. The lowest BCUT2D eigenvalue weighted by Crippen LogP contribution is -2.23. The zero-order valence-electron chi connectivity index (χ0n) is 11.3. The van der Waals surface area contributed by atoms with Crippen LogP contribution in [0.3, 0.4) is 0 Å². The minimum absolute atomic E-state index is 0.0360. The molecule has 0 aliphatic heterocycles. The SMILES string of the molecule is Cc1ccc(CNC(=O)c2cccnc2SC(F)F)cc1. The van der Waals surface area contributed by atoms with Gasteiger partial charge in [-0.2, -0.15) is 8.78 Å². The van der Waals surface area contributed by atoms with Crippen LogP contribution in [0, 0.1) is 6.92 Å². The second-order valence-electron chi connectivity index (χ2n) is 4.40. The number of pyridine rings is 1. The second kappa shape index (κ2) is 7.17. The minimum atomic E-state index is -2.61. The van der Waals surface area contributed by atoms with Crippen LogP contribution in [-0.4, -0.2) is 16.6 Å². The van der Waals surface area contributed by atoms with Crippen LogP contribution < -0.4 is 5.32 Å². The van der Waals surface area contributed by atoms with Crippen LogP contribution in [0.2, 0.25) is 0 Å². The van der Waals surface area contributed by atoms with Crippen LogP contribution in [0.1, 0.15) is 21.5 Å². The molecule has 0 fully saturated rings. The van der Waals surface area contributed by atoms with Gasteiger partial charge >= 0.3 is 0 Å². The van der Waals surface area contributed by atoms with E-state index in [1.165, 1.54) is 12.3 Å². The molecule has 0 spiro atoms. The highest BCUT2D eigenvalue weighted by molar-refractivity contribution is 7.99. The van der Waals surface area contributed by atoms with E-state index in [4.69, 9.17) is 0 Å². The van der Waals surface area contributed by atoms with Gasteiger partial charge in [-0.3, -0.25) is 4.79 Å². The molecule has 2 aromatic rings. The Hall–Kier alpha value is -1.95. The third kappa shape index (κ3) is 4.53. The van der Waals surface area contributed by atoms with E-state index in [2.05, 4.69) is 10.3 Å². The molecular formula is C15H14F2N2OS. The summed E-state index contributed by atoms with van der Waals surface area (Å²) in [5.41, 5.74) is 2.24. The number of aryl methyl sites for hydroxylation is 1. The summed E-state index contributed by atoms with van der Waals surface area (Å²) in [4.78, 5) is 15.9. The molecule has 1 heterocycles. The molecule has 0 atom stereocenters. The average Bonchev–Trinajstić information content (AvgIpc) is 2.46. The number of carbonyl (C=O) groups excluding carboxylic acids is 1. The molecule has 110 valence electrons. The molecule has 2 rings (SSSR count). The minimum Gasteiger partial charge on any atom is -0.348 e. The first-order valence-electron chi connectivity index (χ1n) is 6.30. The zero-order valence-corrected chi connectivity index (χ0v) is 12.2. The van der Waals surface area contributed by atoms with E-state index in [9.17, 15) is 13.6 Å². The predicted molar refractivity (Wildman–Crippen MR) is 78.4 cm³/mol. The van der Waals surface area contributed by atoms with Crippen molar-refractivity contribution in [3.8, 4) is 0 Å². The largest absolute Gasteiger partial charge is 0.348 e. The molecule has 21 heavy (non-hydrogen) atoms. The van der Waals surface area contributed by atoms with Crippen LogP contribution >= 0.6 is 11.8 Å². The van der Waals surface area contributed by atoms with E-state index >= 15 is 0 Å². The Balaban J connectivity index is 2.05. The Morgan fingerprint density at radius 3 is 2.67 bits per heavy atom. The highest BCUT2D eigenvalue weighted by Gasteiger charge is 2.16. The molecule has 0 radical (unpaired) electrons. The van der Waals surface area contributed by atoms with Gasteiger partial charge in [0.15, 0.2) is 0 Å². The average molecular weight is 308 g/mol.